The SMILES string of the molecule is CC1(c2cncn2CC(=O)N2CCCC2)CCNC1. The van der Waals surface area contributed by atoms with Gasteiger partial charge in [-0.1, -0.05) is 6.92 Å². The van der Waals surface area contributed by atoms with Gasteiger partial charge in [0.15, 0.2) is 0 Å². The van der Waals surface area contributed by atoms with Crippen LogP contribution in [0.4, 0.5) is 0 Å². The van der Waals surface area contributed by atoms with Crippen LogP contribution in [-0.2, 0) is 16.8 Å². The molecule has 0 radical (unpaired) electrons. The summed E-state index contributed by atoms with van der Waals surface area (Å²) in [4.78, 5) is 18.5. The van der Waals surface area contributed by atoms with Gasteiger partial charge in [-0.05, 0) is 25.8 Å². The van der Waals surface area contributed by atoms with Crippen molar-refractivity contribution >= 4 is 5.91 Å². The van der Waals surface area contributed by atoms with E-state index in [9.17, 15) is 4.79 Å². The van der Waals surface area contributed by atoms with Crippen LogP contribution >= 0.6 is 0 Å². The predicted molar refractivity (Wildman–Crippen MR) is 72.9 cm³/mol. The second-order valence-corrected chi connectivity index (χ2v) is 5.98. The fourth-order valence-electron chi connectivity index (χ4n) is 3.20. The largest absolute Gasteiger partial charge is 0.341 e. The molecule has 1 amide bonds. The van der Waals surface area contributed by atoms with E-state index in [0.717, 1.165) is 45.4 Å². The van der Waals surface area contributed by atoms with Gasteiger partial charge in [-0.25, -0.2) is 4.98 Å². The molecule has 2 saturated heterocycles. The van der Waals surface area contributed by atoms with E-state index in [1.165, 1.54) is 5.69 Å². The molecule has 104 valence electrons. The molecule has 0 bridgehead atoms. The summed E-state index contributed by atoms with van der Waals surface area (Å²) in [5.41, 5.74) is 1.30. The molecule has 1 aromatic rings. The van der Waals surface area contributed by atoms with Gasteiger partial charge < -0.3 is 14.8 Å². The molecule has 1 aromatic heterocycles. The normalized spacial score (nSPS) is 27.1. The van der Waals surface area contributed by atoms with Gasteiger partial charge in [0.1, 0.15) is 6.54 Å². The summed E-state index contributed by atoms with van der Waals surface area (Å²) in [5, 5.41) is 3.40. The summed E-state index contributed by atoms with van der Waals surface area (Å²) in [6, 6.07) is 0. The molecule has 2 aliphatic heterocycles. The Morgan fingerprint density at radius 3 is 2.95 bits per heavy atom. The summed E-state index contributed by atoms with van der Waals surface area (Å²) < 4.78 is 2.04. The number of nitrogens with zero attached hydrogens (tertiary/aromatic N) is 3. The zero-order valence-corrected chi connectivity index (χ0v) is 11.6. The summed E-state index contributed by atoms with van der Waals surface area (Å²) >= 11 is 0. The Balaban J connectivity index is 1.74. The van der Waals surface area contributed by atoms with Gasteiger partial charge >= 0.3 is 0 Å². The van der Waals surface area contributed by atoms with Crippen LogP contribution in [0.15, 0.2) is 12.5 Å². The van der Waals surface area contributed by atoms with Gasteiger partial charge in [-0.15, -0.1) is 0 Å². The van der Waals surface area contributed by atoms with E-state index in [4.69, 9.17) is 0 Å². The Labute approximate surface area is 114 Å². The van der Waals surface area contributed by atoms with Crippen LogP contribution in [-0.4, -0.2) is 46.5 Å². The Morgan fingerprint density at radius 2 is 2.26 bits per heavy atom. The van der Waals surface area contributed by atoms with E-state index in [1.54, 1.807) is 6.33 Å². The highest BCUT2D eigenvalue weighted by molar-refractivity contribution is 5.76. The van der Waals surface area contributed by atoms with Crippen LogP contribution in [0, 0.1) is 0 Å². The highest BCUT2D eigenvalue weighted by Gasteiger charge is 2.33. The highest BCUT2D eigenvalue weighted by atomic mass is 16.2. The van der Waals surface area contributed by atoms with E-state index >= 15 is 0 Å². The lowest BCUT2D eigenvalue weighted by Crippen LogP contribution is -2.34. The Bertz CT molecular complexity index is 456. The van der Waals surface area contributed by atoms with Crippen LogP contribution in [0.1, 0.15) is 31.9 Å². The number of amides is 1. The third kappa shape index (κ3) is 2.39. The first-order chi connectivity index (χ1) is 9.19. The molecule has 0 spiro atoms. The summed E-state index contributed by atoms with van der Waals surface area (Å²) in [6.45, 7) is 6.54. The molecule has 3 heterocycles. The molecule has 3 rings (SSSR count). The van der Waals surface area contributed by atoms with E-state index in [0.29, 0.717) is 6.54 Å². The highest BCUT2D eigenvalue weighted by Crippen LogP contribution is 2.29. The summed E-state index contributed by atoms with van der Waals surface area (Å²) in [7, 11) is 0. The maximum atomic E-state index is 12.2. The minimum absolute atomic E-state index is 0.113. The number of hydrogen-bond acceptors (Lipinski definition) is 3. The zero-order valence-electron chi connectivity index (χ0n) is 11.6. The van der Waals surface area contributed by atoms with Gasteiger partial charge in [0.05, 0.1) is 6.33 Å². The number of imidazole rings is 1. The van der Waals surface area contributed by atoms with E-state index in [-0.39, 0.29) is 11.3 Å². The van der Waals surface area contributed by atoms with Crippen molar-refractivity contribution in [2.45, 2.75) is 38.1 Å². The lowest BCUT2D eigenvalue weighted by atomic mass is 9.86. The molecule has 2 aliphatic rings. The topological polar surface area (TPSA) is 50.2 Å². The Hall–Kier alpha value is -1.36. The van der Waals surface area contributed by atoms with Crippen LogP contribution < -0.4 is 5.32 Å². The number of likely N-dealkylation sites (tertiary alicyclic amines) is 1. The van der Waals surface area contributed by atoms with Crippen LogP contribution in [0.5, 0.6) is 0 Å². The Morgan fingerprint density at radius 1 is 1.47 bits per heavy atom. The first-order valence-corrected chi connectivity index (χ1v) is 7.18. The zero-order chi connectivity index (χ0) is 13.3. The standard InChI is InChI=1S/C14H22N4O/c1-14(4-5-15-10-14)12-8-16-11-18(12)9-13(19)17-6-2-3-7-17/h8,11,15H,2-7,9-10H2,1H3. The fourth-order valence-corrected chi connectivity index (χ4v) is 3.20. The monoisotopic (exact) mass is 262 g/mol. The molecule has 5 nitrogen and oxygen atoms in total. The molecule has 5 heteroatoms. The average Bonchev–Trinajstić information content (AvgIpc) is 3.08. The lowest BCUT2D eigenvalue weighted by Gasteiger charge is -2.25. The van der Waals surface area contributed by atoms with Crippen molar-refractivity contribution in [2.75, 3.05) is 26.2 Å². The second-order valence-electron chi connectivity index (χ2n) is 5.98. The van der Waals surface area contributed by atoms with Crippen LogP contribution in [0.2, 0.25) is 0 Å². The van der Waals surface area contributed by atoms with Crippen molar-refractivity contribution in [3.05, 3.63) is 18.2 Å². The summed E-state index contributed by atoms with van der Waals surface area (Å²) in [5.74, 6) is 0.228. The molecule has 1 unspecified atom stereocenters. The average molecular weight is 262 g/mol. The van der Waals surface area contributed by atoms with E-state index in [1.807, 2.05) is 15.7 Å². The fraction of sp³-hybridized carbons (Fsp3) is 0.714. The van der Waals surface area contributed by atoms with E-state index in [2.05, 4.69) is 17.2 Å². The molecule has 1 N–H and O–H groups in total. The third-order valence-electron chi connectivity index (χ3n) is 4.46. The van der Waals surface area contributed by atoms with E-state index < -0.39 is 0 Å². The molecule has 0 aliphatic carbocycles. The molecule has 19 heavy (non-hydrogen) atoms. The number of hydrogen-bond donors (Lipinski definition) is 1. The van der Waals surface area contributed by atoms with Gasteiger partial charge in [-0.2, -0.15) is 0 Å². The molecular weight excluding hydrogens is 240 g/mol. The Kier molecular flexibility index (Phi) is 3.31. The van der Waals surface area contributed by atoms with Crippen molar-refractivity contribution in [1.82, 2.24) is 19.8 Å². The first kappa shape index (κ1) is 12.7. The smallest absolute Gasteiger partial charge is 0.242 e. The maximum Gasteiger partial charge on any atom is 0.242 e. The number of nitrogens with one attached hydrogen (secondary N) is 1. The molecule has 2 fully saturated rings. The lowest BCUT2D eigenvalue weighted by molar-refractivity contribution is -0.130. The number of rotatable bonds is 3. The second kappa shape index (κ2) is 4.96. The number of carbonyl (C=O) groups excluding carboxylic acids is 1. The predicted octanol–water partition coefficient (Wildman–Crippen LogP) is 0.757. The van der Waals surface area contributed by atoms with Gasteiger partial charge in [0, 0.05) is 36.9 Å². The molecule has 1 atom stereocenters. The minimum atomic E-state index is 0.113. The van der Waals surface area contributed by atoms with Crippen LogP contribution in [0.25, 0.3) is 0 Å². The first-order valence-electron chi connectivity index (χ1n) is 7.18. The number of aromatic nitrogens is 2. The minimum Gasteiger partial charge on any atom is -0.341 e. The van der Waals surface area contributed by atoms with Gasteiger partial charge in [0.25, 0.3) is 0 Å². The molecule has 0 saturated carbocycles. The summed E-state index contributed by atoms with van der Waals surface area (Å²) in [6.07, 6.45) is 7.11. The number of carbonyl (C=O) groups is 1. The van der Waals surface area contributed by atoms with Crippen molar-refractivity contribution < 1.29 is 4.79 Å². The van der Waals surface area contributed by atoms with Crippen molar-refractivity contribution in [3.63, 3.8) is 0 Å². The van der Waals surface area contributed by atoms with Crippen molar-refractivity contribution in [3.8, 4) is 0 Å². The third-order valence-corrected chi connectivity index (χ3v) is 4.46. The maximum absolute atomic E-state index is 12.2. The van der Waals surface area contributed by atoms with Crippen molar-refractivity contribution in [2.24, 2.45) is 0 Å². The van der Waals surface area contributed by atoms with Crippen molar-refractivity contribution in [1.29, 1.82) is 0 Å². The van der Waals surface area contributed by atoms with Gasteiger partial charge in [-0.3, -0.25) is 4.79 Å². The quantitative estimate of drug-likeness (QED) is 0.875. The molecular formula is C14H22N4O. The molecule has 0 aromatic carbocycles. The van der Waals surface area contributed by atoms with Crippen LogP contribution in [0.3, 0.4) is 0 Å². The van der Waals surface area contributed by atoms with Gasteiger partial charge in [0.2, 0.25) is 5.91 Å².